The number of nitrogens with one attached hydrogen (secondary N) is 1. The van der Waals surface area contributed by atoms with Crippen LogP contribution in [-0.4, -0.2) is 22.7 Å². The second kappa shape index (κ2) is 9.83. The van der Waals surface area contributed by atoms with Crippen molar-refractivity contribution in [3.05, 3.63) is 76.7 Å². The van der Waals surface area contributed by atoms with Gasteiger partial charge in [-0.05, 0) is 62.4 Å². The van der Waals surface area contributed by atoms with E-state index in [1.54, 1.807) is 5.48 Å². The van der Waals surface area contributed by atoms with Crippen LogP contribution in [0.5, 0.6) is 5.75 Å². The molecule has 1 aromatic heterocycles. The number of oxazole rings is 1. The van der Waals surface area contributed by atoms with Gasteiger partial charge in [-0.3, -0.25) is 10.0 Å². The lowest BCUT2D eigenvalue weighted by Gasteiger charge is -2.21. The van der Waals surface area contributed by atoms with Crippen LogP contribution in [0.15, 0.2) is 53.0 Å². The molecule has 0 spiro atoms. The molecule has 0 atom stereocenters. The van der Waals surface area contributed by atoms with Crippen molar-refractivity contribution < 1.29 is 19.2 Å². The molecule has 1 aliphatic rings. The number of hydroxylamine groups is 1. The van der Waals surface area contributed by atoms with Crippen molar-refractivity contribution in [3.8, 4) is 17.2 Å². The summed E-state index contributed by atoms with van der Waals surface area (Å²) < 4.78 is 12.0. The number of carbonyl (C=O) groups excluding carboxylic acids is 1. The van der Waals surface area contributed by atoms with E-state index in [1.165, 1.54) is 11.1 Å². The molecule has 32 heavy (non-hydrogen) atoms. The van der Waals surface area contributed by atoms with E-state index in [0.29, 0.717) is 25.3 Å². The fourth-order valence-corrected chi connectivity index (χ4v) is 4.04. The van der Waals surface area contributed by atoms with Crippen molar-refractivity contribution in [1.82, 2.24) is 10.5 Å². The van der Waals surface area contributed by atoms with Crippen LogP contribution in [0, 0.1) is 13.8 Å². The third-order valence-corrected chi connectivity index (χ3v) is 5.80. The Labute approximate surface area is 187 Å². The van der Waals surface area contributed by atoms with Gasteiger partial charge in [-0.2, -0.15) is 0 Å². The van der Waals surface area contributed by atoms with E-state index in [9.17, 15) is 4.79 Å². The number of hydrogen-bond donors (Lipinski definition) is 2. The summed E-state index contributed by atoms with van der Waals surface area (Å²) in [7, 11) is 0. The Hall–Kier alpha value is -3.38. The molecule has 0 unspecified atom stereocenters. The number of hydrogen-bond acceptors (Lipinski definition) is 5. The third-order valence-electron chi connectivity index (χ3n) is 5.80. The van der Waals surface area contributed by atoms with Crippen molar-refractivity contribution in [2.24, 2.45) is 0 Å². The van der Waals surface area contributed by atoms with Crippen LogP contribution in [0.4, 0.5) is 0 Å². The lowest BCUT2D eigenvalue weighted by atomic mass is 9.88. The topological polar surface area (TPSA) is 84.6 Å². The number of aryl methyl sites for hydroxylation is 2. The first-order chi connectivity index (χ1) is 15.5. The summed E-state index contributed by atoms with van der Waals surface area (Å²) in [5.74, 6) is 1.95. The highest BCUT2D eigenvalue weighted by atomic mass is 16.5. The van der Waals surface area contributed by atoms with Crippen molar-refractivity contribution in [3.63, 3.8) is 0 Å². The first-order valence-electron chi connectivity index (χ1n) is 11.0. The Balaban J connectivity index is 1.42. The summed E-state index contributed by atoms with van der Waals surface area (Å²) in [6.45, 7) is 4.49. The number of rotatable bonds is 8. The van der Waals surface area contributed by atoms with E-state index in [0.717, 1.165) is 46.7 Å². The van der Waals surface area contributed by atoms with Crippen LogP contribution in [0.1, 0.15) is 47.4 Å². The summed E-state index contributed by atoms with van der Waals surface area (Å²) in [5, 5.41) is 8.74. The first-order valence-corrected chi connectivity index (χ1v) is 11.0. The van der Waals surface area contributed by atoms with Crippen LogP contribution in [-0.2, 0) is 17.6 Å². The fourth-order valence-electron chi connectivity index (χ4n) is 4.04. The van der Waals surface area contributed by atoms with Crippen molar-refractivity contribution in [2.75, 3.05) is 6.61 Å². The molecule has 2 N–H and O–H groups in total. The predicted molar refractivity (Wildman–Crippen MR) is 123 cm³/mol. The van der Waals surface area contributed by atoms with E-state index in [4.69, 9.17) is 14.4 Å². The fraction of sp³-hybridized carbons (Fsp3) is 0.308. The van der Waals surface area contributed by atoms with Crippen molar-refractivity contribution in [1.29, 1.82) is 0 Å². The molecule has 1 heterocycles. The summed E-state index contributed by atoms with van der Waals surface area (Å²) >= 11 is 0. The van der Waals surface area contributed by atoms with Gasteiger partial charge in [0.2, 0.25) is 11.8 Å². The van der Waals surface area contributed by atoms with Gasteiger partial charge in [0.25, 0.3) is 0 Å². The molecule has 6 heteroatoms. The lowest BCUT2D eigenvalue weighted by molar-refractivity contribution is -0.129. The third kappa shape index (κ3) is 4.92. The molecule has 0 fully saturated rings. The average molecular weight is 433 g/mol. The van der Waals surface area contributed by atoms with E-state index in [-0.39, 0.29) is 12.3 Å². The standard InChI is InChI=1S/C26H28N2O4/c1-17-9-11-20(12-10-17)26-27-23(18(2)32-26)15-16-31-24-8-4-6-21-19(5-3-7-22(21)24)13-14-25(29)28-30/h4-6,8-12,30H,3,7,13-16H2,1-2H3,(H,28,29). The zero-order chi connectivity index (χ0) is 22.5. The molecule has 0 bridgehead atoms. The molecule has 6 nitrogen and oxygen atoms in total. The number of amides is 1. The Morgan fingerprint density at radius 1 is 1.16 bits per heavy atom. The van der Waals surface area contributed by atoms with Crippen molar-refractivity contribution in [2.45, 2.75) is 46.0 Å². The van der Waals surface area contributed by atoms with Crippen LogP contribution in [0.25, 0.3) is 17.0 Å². The number of benzene rings is 2. The second-order valence-corrected chi connectivity index (χ2v) is 8.07. The van der Waals surface area contributed by atoms with E-state index in [1.807, 2.05) is 31.2 Å². The lowest BCUT2D eigenvalue weighted by Crippen LogP contribution is -2.18. The molecule has 3 aromatic rings. The molecule has 4 rings (SSSR count). The highest BCUT2D eigenvalue weighted by molar-refractivity contribution is 5.79. The second-order valence-electron chi connectivity index (χ2n) is 8.07. The average Bonchev–Trinajstić information content (AvgIpc) is 3.18. The molecule has 0 saturated carbocycles. The minimum absolute atomic E-state index is 0.252. The summed E-state index contributed by atoms with van der Waals surface area (Å²) in [6.07, 6.45) is 5.48. The Bertz CT molecular complexity index is 1130. The number of fused-ring (bicyclic) bond motifs is 1. The van der Waals surface area contributed by atoms with Gasteiger partial charge in [0.05, 0.1) is 12.3 Å². The van der Waals surface area contributed by atoms with Gasteiger partial charge in [0, 0.05) is 24.0 Å². The zero-order valence-corrected chi connectivity index (χ0v) is 18.5. The van der Waals surface area contributed by atoms with Crippen LogP contribution in [0.3, 0.4) is 0 Å². The molecule has 166 valence electrons. The minimum Gasteiger partial charge on any atom is -0.493 e. The van der Waals surface area contributed by atoms with Crippen LogP contribution >= 0.6 is 0 Å². The normalized spacial score (nSPS) is 12.8. The Morgan fingerprint density at radius 2 is 1.97 bits per heavy atom. The molecule has 1 aliphatic carbocycles. The number of nitrogens with zero attached hydrogens (tertiary/aromatic N) is 1. The van der Waals surface area contributed by atoms with Gasteiger partial charge in [0.1, 0.15) is 11.5 Å². The zero-order valence-electron chi connectivity index (χ0n) is 18.5. The molecule has 0 aliphatic heterocycles. The highest BCUT2D eigenvalue weighted by Gasteiger charge is 2.18. The van der Waals surface area contributed by atoms with E-state index >= 15 is 0 Å². The number of aromatic nitrogens is 1. The highest BCUT2D eigenvalue weighted by Crippen LogP contribution is 2.35. The Kier molecular flexibility index (Phi) is 6.71. The van der Waals surface area contributed by atoms with Gasteiger partial charge in [-0.1, -0.05) is 35.9 Å². The largest absolute Gasteiger partial charge is 0.493 e. The molecule has 1 amide bonds. The number of allylic oxidation sites excluding steroid dienone is 2. The molecule has 0 saturated heterocycles. The summed E-state index contributed by atoms with van der Waals surface area (Å²) in [5.41, 5.74) is 8.19. The molecular weight excluding hydrogens is 404 g/mol. The summed E-state index contributed by atoms with van der Waals surface area (Å²) in [6, 6.07) is 14.2. The predicted octanol–water partition coefficient (Wildman–Crippen LogP) is 5.20. The quantitative estimate of drug-likeness (QED) is 0.378. The summed E-state index contributed by atoms with van der Waals surface area (Å²) in [4.78, 5) is 16.1. The SMILES string of the molecule is Cc1ccc(-c2nc(CCOc3cccc4c3CCC=C4CCC(=O)NO)c(C)o2)cc1. The van der Waals surface area contributed by atoms with Gasteiger partial charge in [-0.25, -0.2) is 10.5 Å². The maximum atomic E-state index is 11.4. The Morgan fingerprint density at radius 3 is 2.75 bits per heavy atom. The van der Waals surface area contributed by atoms with E-state index < -0.39 is 0 Å². The van der Waals surface area contributed by atoms with Crippen molar-refractivity contribution >= 4 is 11.5 Å². The van der Waals surface area contributed by atoms with Crippen LogP contribution < -0.4 is 10.2 Å². The smallest absolute Gasteiger partial charge is 0.243 e. The van der Waals surface area contributed by atoms with E-state index in [2.05, 4.69) is 36.2 Å². The number of ether oxygens (including phenoxy) is 1. The molecule has 2 aromatic carbocycles. The molecular formula is C26H28N2O4. The first kappa shape index (κ1) is 21.8. The maximum absolute atomic E-state index is 11.4. The minimum atomic E-state index is -0.376. The monoisotopic (exact) mass is 432 g/mol. The van der Waals surface area contributed by atoms with Gasteiger partial charge in [0.15, 0.2) is 0 Å². The van der Waals surface area contributed by atoms with Gasteiger partial charge >= 0.3 is 0 Å². The molecule has 0 radical (unpaired) electrons. The van der Waals surface area contributed by atoms with Gasteiger partial charge < -0.3 is 9.15 Å². The van der Waals surface area contributed by atoms with Gasteiger partial charge in [-0.15, -0.1) is 0 Å². The number of carbonyl (C=O) groups is 1. The maximum Gasteiger partial charge on any atom is 0.243 e. The van der Waals surface area contributed by atoms with Crippen LogP contribution in [0.2, 0.25) is 0 Å².